The van der Waals surface area contributed by atoms with Gasteiger partial charge in [0.2, 0.25) is 0 Å². The highest BCUT2D eigenvalue weighted by atomic mass is 15.1. The normalized spacial score (nSPS) is 10.7. The van der Waals surface area contributed by atoms with E-state index < -0.39 is 0 Å². The standard InChI is InChI=1S/C11H10N4/c12-13-8-9-3-5-10(6-4-9)11-2-1-7-14-15-11/h1-8H,12H2. The predicted molar refractivity (Wildman–Crippen MR) is 59.2 cm³/mol. The molecule has 4 nitrogen and oxygen atoms in total. The smallest absolute Gasteiger partial charge is 0.0929 e. The summed E-state index contributed by atoms with van der Waals surface area (Å²) < 4.78 is 0. The topological polar surface area (TPSA) is 64.2 Å². The van der Waals surface area contributed by atoms with E-state index in [1.54, 1.807) is 12.4 Å². The molecule has 0 radical (unpaired) electrons. The van der Waals surface area contributed by atoms with Crippen LogP contribution < -0.4 is 5.84 Å². The van der Waals surface area contributed by atoms with Crippen LogP contribution in [0.15, 0.2) is 47.7 Å². The van der Waals surface area contributed by atoms with Gasteiger partial charge in [0.15, 0.2) is 0 Å². The van der Waals surface area contributed by atoms with E-state index in [0.29, 0.717) is 0 Å². The first-order valence-electron chi connectivity index (χ1n) is 4.51. The Balaban J connectivity index is 2.32. The fourth-order valence-electron chi connectivity index (χ4n) is 1.28. The minimum Gasteiger partial charge on any atom is -0.323 e. The molecule has 0 amide bonds. The van der Waals surface area contributed by atoms with Crippen molar-refractivity contribution < 1.29 is 0 Å². The third-order valence-corrected chi connectivity index (χ3v) is 2.00. The highest BCUT2D eigenvalue weighted by Crippen LogP contribution is 2.15. The molecule has 0 aliphatic heterocycles. The molecule has 74 valence electrons. The van der Waals surface area contributed by atoms with Crippen LogP contribution in [0.2, 0.25) is 0 Å². The van der Waals surface area contributed by atoms with E-state index in [-0.39, 0.29) is 0 Å². The van der Waals surface area contributed by atoms with Gasteiger partial charge >= 0.3 is 0 Å². The summed E-state index contributed by atoms with van der Waals surface area (Å²) in [6.07, 6.45) is 3.25. The molecular formula is C11H10N4. The van der Waals surface area contributed by atoms with Gasteiger partial charge in [0.05, 0.1) is 11.9 Å². The number of hydrogen-bond acceptors (Lipinski definition) is 4. The van der Waals surface area contributed by atoms with Gasteiger partial charge in [0.1, 0.15) is 0 Å². The summed E-state index contributed by atoms with van der Waals surface area (Å²) in [5.74, 6) is 5.06. The van der Waals surface area contributed by atoms with Gasteiger partial charge in [0.25, 0.3) is 0 Å². The zero-order valence-electron chi connectivity index (χ0n) is 8.04. The SMILES string of the molecule is NN=Cc1ccc(-c2cccnn2)cc1. The summed E-state index contributed by atoms with van der Waals surface area (Å²) in [4.78, 5) is 0. The van der Waals surface area contributed by atoms with Gasteiger partial charge in [-0.15, -0.1) is 0 Å². The lowest BCUT2D eigenvalue weighted by atomic mass is 10.1. The zero-order valence-corrected chi connectivity index (χ0v) is 8.04. The van der Waals surface area contributed by atoms with Crippen molar-refractivity contribution in [3.05, 3.63) is 48.2 Å². The number of hydrazone groups is 1. The fraction of sp³-hybridized carbons (Fsp3) is 0. The van der Waals surface area contributed by atoms with Crippen LogP contribution in [0.3, 0.4) is 0 Å². The summed E-state index contributed by atoms with van der Waals surface area (Å²) in [6.45, 7) is 0. The molecule has 0 unspecified atom stereocenters. The van der Waals surface area contributed by atoms with Crippen LogP contribution in [0.4, 0.5) is 0 Å². The zero-order chi connectivity index (χ0) is 10.5. The Morgan fingerprint density at radius 2 is 1.93 bits per heavy atom. The maximum atomic E-state index is 5.06. The molecule has 0 fully saturated rings. The van der Waals surface area contributed by atoms with Crippen molar-refractivity contribution in [2.75, 3.05) is 0 Å². The van der Waals surface area contributed by atoms with Gasteiger partial charge in [0, 0.05) is 11.8 Å². The molecule has 1 aromatic carbocycles. The highest BCUT2D eigenvalue weighted by molar-refractivity contribution is 5.80. The van der Waals surface area contributed by atoms with E-state index in [2.05, 4.69) is 15.3 Å². The lowest BCUT2D eigenvalue weighted by Crippen LogP contribution is -1.88. The Morgan fingerprint density at radius 3 is 2.53 bits per heavy atom. The minimum atomic E-state index is 0.855. The van der Waals surface area contributed by atoms with Gasteiger partial charge < -0.3 is 5.84 Å². The molecule has 1 aromatic heterocycles. The van der Waals surface area contributed by atoms with Crippen LogP contribution >= 0.6 is 0 Å². The van der Waals surface area contributed by atoms with E-state index in [4.69, 9.17) is 5.84 Å². The maximum absolute atomic E-state index is 5.06. The Morgan fingerprint density at radius 1 is 1.13 bits per heavy atom. The number of nitrogens with two attached hydrogens (primary N) is 1. The molecule has 0 spiro atoms. The second-order valence-electron chi connectivity index (χ2n) is 3.01. The van der Waals surface area contributed by atoms with Gasteiger partial charge in [-0.05, 0) is 17.7 Å². The van der Waals surface area contributed by atoms with E-state index in [0.717, 1.165) is 16.8 Å². The Hall–Kier alpha value is -2.23. The first-order valence-corrected chi connectivity index (χ1v) is 4.51. The number of benzene rings is 1. The lowest BCUT2D eigenvalue weighted by Gasteiger charge is -1.99. The molecule has 1 heterocycles. The van der Waals surface area contributed by atoms with Gasteiger partial charge in [-0.1, -0.05) is 24.3 Å². The molecule has 2 rings (SSSR count). The Labute approximate surface area is 87.5 Å². The summed E-state index contributed by atoms with van der Waals surface area (Å²) in [7, 11) is 0. The van der Waals surface area contributed by atoms with Gasteiger partial charge in [-0.3, -0.25) is 0 Å². The van der Waals surface area contributed by atoms with Crippen LogP contribution in [0.25, 0.3) is 11.3 Å². The average molecular weight is 198 g/mol. The second-order valence-corrected chi connectivity index (χ2v) is 3.01. The van der Waals surface area contributed by atoms with Gasteiger partial charge in [-0.25, -0.2) is 0 Å². The molecule has 0 aliphatic carbocycles. The first-order chi connectivity index (χ1) is 7.40. The highest BCUT2D eigenvalue weighted by Gasteiger charge is 1.97. The molecule has 15 heavy (non-hydrogen) atoms. The van der Waals surface area contributed by atoms with Crippen molar-refractivity contribution in [2.24, 2.45) is 10.9 Å². The Bertz CT molecular complexity index is 448. The van der Waals surface area contributed by atoms with Crippen LogP contribution in [-0.2, 0) is 0 Å². The number of hydrogen-bond donors (Lipinski definition) is 1. The van der Waals surface area contributed by atoms with E-state index in [1.807, 2.05) is 36.4 Å². The fourth-order valence-corrected chi connectivity index (χ4v) is 1.28. The lowest BCUT2D eigenvalue weighted by molar-refractivity contribution is 1.04. The van der Waals surface area contributed by atoms with Crippen molar-refractivity contribution in [3.8, 4) is 11.3 Å². The third kappa shape index (κ3) is 2.17. The van der Waals surface area contributed by atoms with Crippen molar-refractivity contribution in [2.45, 2.75) is 0 Å². The molecule has 0 saturated heterocycles. The van der Waals surface area contributed by atoms with Crippen LogP contribution in [0.1, 0.15) is 5.56 Å². The van der Waals surface area contributed by atoms with Crippen molar-refractivity contribution in [3.63, 3.8) is 0 Å². The van der Waals surface area contributed by atoms with E-state index in [9.17, 15) is 0 Å². The van der Waals surface area contributed by atoms with Crippen molar-refractivity contribution in [1.29, 1.82) is 0 Å². The average Bonchev–Trinajstić information content (AvgIpc) is 2.32. The molecular weight excluding hydrogens is 188 g/mol. The van der Waals surface area contributed by atoms with Crippen LogP contribution in [0.5, 0.6) is 0 Å². The van der Waals surface area contributed by atoms with Crippen molar-refractivity contribution >= 4 is 6.21 Å². The molecule has 0 bridgehead atoms. The monoisotopic (exact) mass is 198 g/mol. The Kier molecular flexibility index (Phi) is 2.69. The first kappa shape index (κ1) is 9.33. The summed E-state index contributed by atoms with van der Waals surface area (Å²) in [6, 6.07) is 11.6. The van der Waals surface area contributed by atoms with E-state index in [1.165, 1.54) is 0 Å². The number of rotatable bonds is 2. The molecule has 0 atom stereocenters. The molecule has 0 aliphatic rings. The maximum Gasteiger partial charge on any atom is 0.0929 e. The molecule has 4 heteroatoms. The third-order valence-electron chi connectivity index (χ3n) is 2.00. The summed E-state index contributed by atoms with van der Waals surface area (Å²) in [5, 5.41) is 11.3. The quantitative estimate of drug-likeness (QED) is 0.451. The van der Waals surface area contributed by atoms with Crippen LogP contribution in [-0.4, -0.2) is 16.4 Å². The number of nitrogens with zero attached hydrogens (tertiary/aromatic N) is 3. The second kappa shape index (κ2) is 4.32. The summed E-state index contributed by atoms with van der Waals surface area (Å²) in [5.41, 5.74) is 2.84. The molecule has 2 aromatic rings. The molecule has 2 N–H and O–H groups in total. The summed E-state index contributed by atoms with van der Waals surface area (Å²) >= 11 is 0. The minimum absolute atomic E-state index is 0.855. The largest absolute Gasteiger partial charge is 0.323 e. The predicted octanol–water partition coefficient (Wildman–Crippen LogP) is 1.44. The number of aromatic nitrogens is 2. The molecule has 0 saturated carbocycles. The van der Waals surface area contributed by atoms with Crippen molar-refractivity contribution in [1.82, 2.24) is 10.2 Å². The van der Waals surface area contributed by atoms with E-state index >= 15 is 0 Å². The van der Waals surface area contributed by atoms with Crippen LogP contribution in [0, 0.1) is 0 Å². The van der Waals surface area contributed by atoms with Gasteiger partial charge in [-0.2, -0.15) is 15.3 Å².